The summed E-state index contributed by atoms with van der Waals surface area (Å²) in [7, 11) is 0. The van der Waals surface area contributed by atoms with E-state index in [2.05, 4.69) is 322 Å². The minimum Gasteiger partial charge on any atom is -0.0985 e. The highest BCUT2D eigenvalue weighted by molar-refractivity contribution is 5.90. The first kappa shape index (κ1) is 92.8. The van der Waals surface area contributed by atoms with E-state index in [0.29, 0.717) is 21.7 Å². The summed E-state index contributed by atoms with van der Waals surface area (Å²) in [6.45, 7) is 22.1. The maximum atomic E-state index is 4.04. The fourth-order valence-corrected chi connectivity index (χ4v) is 30.8. The zero-order chi connectivity index (χ0) is 92.2. The summed E-state index contributed by atoms with van der Waals surface area (Å²) in [6.07, 6.45) is 59.1. The largest absolute Gasteiger partial charge is 0.0985 e. The Morgan fingerprint density at radius 2 is 0.437 bits per heavy atom. The van der Waals surface area contributed by atoms with Crippen LogP contribution in [0.25, 0.3) is 101 Å². The summed E-state index contributed by atoms with van der Waals surface area (Å²) in [6, 6.07) is 107. The highest BCUT2D eigenvalue weighted by Gasteiger charge is 2.61. The molecular weight excluding hydrogens is 1620 g/mol. The Hall–Kier alpha value is -9.88. The summed E-state index contributed by atoms with van der Waals surface area (Å²) < 4.78 is 0. The molecule has 0 saturated heterocycles. The number of rotatable bonds is 41. The van der Waals surface area contributed by atoms with Crippen LogP contribution >= 0.6 is 0 Å². The molecule has 0 aromatic heterocycles. The summed E-state index contributed by atoms with van der Waals surface area (Å²) in [4.78, 5) is 0. The van der Waals surface area contributed by atoms with Crippen molar-refractivity contribution < 1.29 is 0 Å². The molecule has 4 unspecified atom stereocenters. The Labute approximate surface area is 815 Å². The van der Waals surface area contributed by atoms with Crippen LogP contribution < -0.4 is 0 Å². The number of benzene rings is 12. The van der Waals surface area contributed by atoms with Crippen LogP contribution in [-0.4, -0.2) is 0 Å². The van der Waals surface area contributed by atoms with Gasteiger partial charge in [0, 0.05) is 16.2 Å². The normalized spacial score (nSPS) is 22.4. The van der Waals surface area contributed by atoms with Crippen molar-refractivity contribution in [1.29, 1.82) is 0 Å². The zero-order valence-corrected chi connectivity index (χ0v) is 83.5. The zero-order valence-electron chi connectivity index (χ0n) is 83.5. The molecular formula is C135H156. The highest BCUT2D eigenvalue weighted by atomic mass is 14.6. The Balaban J connectivity index is 0.000000179. The molecule has 23 rings (SSSR count). The first-order chi connectivity index (χ1) is 66.3. The maximum Gasteiger partial charge on any atom is 0.0215 e. The van der Waals surface area contributed by atoms with Crippen LogP contribution in [0, 0.1) is 23.7 Å². The lowest BCUT2D eigenvalue weighted by atomic mass is 9.41. The first-order valence-corrected chi connectivity index (χ1v) is 54.9. The SMILES string of the molecule is C=Cc1ccc(C23CC4CC(C2)CC(c2ccc(-c5ccc(-c6ccc7c(c6)-c6ccccc6C7(CCCCCC)CCCCCC)cc5)cc2)(C4)C3)cc1.C=Cc1ccc(C23CC4CC(C2)CC(c2ccc(-c5ccc(-c6ccc7c(c6)C(CCCCCC)(CCCCCC)c6cc(-c8ccc9c(c8)C(CCCCCC)(CCCCCC)c8ccccc8-9)ccc6-7)cc5)cc2)(C4)C3)cc1. The van der Waals surface area contributed by atoms with E-state index in [1.54, 1.807) is 55.6 Å². The molecule has 8 bridgehead atoms. The van der Waals surface area contributed by atoms with Crippen LogP contribution in [-0.2, 0) is 37.9 Å². The van der Waals surface area contributed by atoms with Gasteiger partial charge in [-0.15, -0.1) is 0 Å². The molecule has 135 heavy (non-hydrogen) atoms. The Bertz CT molecular complexity index is 6030. The van der Waals surface area contributed by atoms with Gasteiger partial charge in [0.1, 0.15) is 0 Å². The molecule has 4 atom stereocenters. The molecule has 0 N–H and O–H groups in total. The third-order valence-electron chi connectivity index (χ3n) is 36.7. The summed E-state index contributed by atoms with van der Waals surface area (Å²) in [5, 5.41) is 0. The second-order valence-corrected chi connectivity index (χ2v) is 45.2. The summed E-state index contributed by atoms with van der Waals surface area (Å²) in [5.74, 6) is 3.39. The van der Waals surface area contributed by atoms with E-state index in [-0.39, 0.29) is 16.2 Å². The molecule has 11 aliphatic carbocycles. The van der Waals surface area contributed by atoms with E-state index in [0.717, 1.165) is 23.7 Å². The lowest BCUT2D eigenvalue weighted by Gasteiger charge is -2.63. The second kappa shape index (κ2) is 40.3. The lowest BCUT2D eigenvalue weighted by molar-refractivity contribution is -0.0282. The van der Waals surface area contributed by atoms with Gasteiger partial charge in [0.15, 0.2) is 0 Å². The van der Waals surface area contributed by atoms with E-state index in [9.17, 15) is 0 Å². The maximum absolute atomic E-state index is 4.04. The molecule has 12 aromatic rings. The first-order valence-electron chi connectivity index (χ1n) is 54.9. The van der Waals surface area contributed by atoms with Crippen LogP contribution in [0.15, 0.2) is 280 Å². The Morgan fingerprint density at radius 3 is 0.741 bits per heavy atom. The summed E-state index contributed by atoms with van der Waals surface area (Å²) in [5.41, 5.74) is 42.0. The van der Waals surface area contributed by atoms with E-state index in [4.69, 9.17) is 0 Å². The van der Waals surface area contributed by atoms with Crippen molar-refractivity contribution in [3.63, 3.8) is 0 Å². The van der Waals surface area contributed by atoms with Gasteiger partial charge < -0.3 is 0 Å². The van der Waals surface area contributed by atoms with E-state index in [1.807, 2.05) is 12.2 Å². The van der Waals surface area contributed by atoms with Gasteiger partial charge in [-0.1, -0.05) is 464 Å². The van der Waals surface area contributed by atoms with Crippen molar-refractivity contribution in [2.45, 2.75) is 349 Å². The molecule has 696 valence electrons. The molecule has 11 aliphatic rings. The van der Waals surface area contributed by atoms with Crippen molar-refractivity contribution in [2.75, 3.05) is 0 Å². The van der Waals surface area contributed by atoms with Crippen molar-refractivity contribution in [1.82, 2.24) is 0 Å². The molecule has 0 amide bonds. The van der Waals surface area contributed by atoms with Gasteiger partial charge in [0.2, 0.25) is 0 Å². The molecule has 0 radical (unpaired) electrons. The van der Waals surface area contributed by atoms with Gasteiger partial charge in [-0.2, -0.15) is 0 Å². The number of hydrogen-bond donors (Lipinski definition) is 0. The Morgan fingerprint density at radius 1 is 0.215 bits per heavy atom. The van der Waals surface area contributed by atoms with E-state index in [1.165, 1.54) is 370 Å². The molecule has 8 saturated carbocycles. The van der Waals surface area contributed by atoms with Crippen molar-refractivity contribution in [3.05, 3.63) is 347 Å². The van der Waals surface area contributed by atoms with Gasteiger partial charge in [0.05, 0.1) is 0 Å². The predicted octanol–water partition coefficient (Wildman–Crippen LogP) is 39.2. The quantitative estimate of drug-likeness (QED) is 0.0335. The van der Waals surface area contributed by atoms with Crippen LogP contribution in [0.1, 0.15) is 378 Å². The lowest BCUT2D eigenvalue weighted by Crippen LogP contribution is -2.55. The van der Waals surface area contributed by atoms with Crippen LogP contribution in [0.4, 0.5) is 0 Å². The Kier molecular flexibility index (Phi) is 27.7. The molecule has 0 heterocycles. The fraction of sp³-hybridized carbons (Fsp3) is 0.437. The van der Waals surface area contributed by atoms with Crippen LogP contribution in [0.2, 0.25) is 0 Å². The second-order valence-electron chi connectivity index (χ2n) is 45.2. The number of fused-ring (bicyclic) bond motifs is 9. The highest BCUT2D eigenvalue weighted by Crippen LogP contribution is 2.69. The van der Waals surface area contributed by atoms with E-state index < -0.39 is 0 Å². The number of unbranched alkanes of at least 4 members (excludes halogenated alkanes) is 18. The van der Waals surface area contributed by atoms with E-state index >= 15 is 0 Å². The third-order valence-corrected chi connectivity index (χ3v) is 36.7. The molecule has 0 heteroatoms. The fourth-order valence-electron chi connectivity index (χ4n) is 30.8. The summed E-state index contributed by atoms with van der Waals surface area (Å²) >= 11 is 0. The molecule has 0 spiro atoms. The van der Waals surface area contributed by atoms with Crippen molar-refractivity contribution in [2.24, 2.45) is 23.7 Å². The van der Waals surface area contributed by atoms with Crippen LogP contribution in [0.3, 0.4) is 0 Å². The average molecular weight is 1780 g/mol. The van der Waals surface area contributed by atoms with Gasteiger partial charge >= 0.3 is 0 Å². The van der Waals surface area contributed by atoms with Crippen LogP contribution in [0.5, 0.6) is 0 Å². The minimum atomic E-state index is -0.0123. The molecule has 8 fully saturated rings. The monoisotopic (exact) mass is 1780 g/mol. The molecule has 12 aromatic carbocycles. The van der Waals surface area contributed by atoms with Gasteiger partial charge in [-0.3, -0.25) is 0 Å². The third kappa shape index (κ3) is 17.8. The molecule has 0 nitrogen and oxygen atoms in total. The number of hydrogen-bond acceptors (Lipinski definition) is 0. The van der Waals surface area contributed by atoms with Gasteiger partial charge in [0.25, 0.3) is 0 Å². The average Bonchev–Trinajstić information content (AvgIpc) is 1.69. The minimum absolute atomic E-state index is 0.0123. The van der Waals surface area contributed by atoms with Gasteiger partial charge in [-0.25, -0.2) is 0 Å². The smallest absolute Gasteiger partial charge is 0.0215 e. The topological polar surface area (TPSA) is 0 Å². The van der Waals surface area contributed by atoms with Gasteiger partial charge in [-0.05, 0) is 341 Å². The van der Waals surface area contributed by atoms with Crippen molar-refractivity contribution >= 4 is 12.2 Å². The predicted molar refractivity (Wildman–Crippen MR) is 580 cm³/mol. The van der Waals surface area contributed by atoms with Crippen molar-refractivity contribution in [3.8, 4) is 89.0 Å². The standard InChI is InChI=1S/C80H94.C55H62/c1-6-11-15-21-45-79(46-22-16-12-7-2)73-26-20-19-25-69(73)70-43-36-65(51-74(70)79)66-37-44-72-71-42-35-64(50-75(71)80(76(72)52-66,47-23-17-13-8-3)48-24-18-14-9-4)63-31-29-61(30-32-63)62-33-40-68(41-34-62)78-55-59-49-60(56-78)54-77(53-59,57-78)67-38-27-58(10-5)28-39-67;1-4-7-9-13-31-55(32-14-10-8-5-2)51-16-12-11-15-49(51)50-34-46(25-30-52(50)55)45-21-19-43(20-22-45)44-23-28-48(29-24-44)54-37-41-33-42(38-54)36-53(35-41,39-54)47-26-17-40(6-3)18-27-47/h10,19-20,25-44,50-52,59-60H,5-9,11-18,21-24,45-49,53-57H2,1-4H3;6,11-12,15-30,34,41-42H,3-5,7-10,13-14,31-33,35-39H2,1-2H3. The molecule has 0 aliphatic heterocycles.